The van der Waals surface area contributed by atoms with Crippen LogP contribution < -0.4 is 5.32 Å². The molecule has 0 aromatic heterocycles. The number of benzene rings is 3. The Morgan fingerprint density at radius 3 is 2.22 bits per heavy atom. The molecule has 0 heterocycles. The molecular weight excluding hydrogens is 474 g/mol. The van der Waals surface area contributed by atoms with Crippen molar-refractivity contribution in [2.45, 2.75) is 17.4 Å². The molecular formula is C23H21Cl2FN2O3S. The van der Waals surface area contributed by atoms with Gasteiger partial charge < -0.3 is 5.32 Å². The van der Waals surface area contributed by atoms with Crippen molar-refractivity contribution in [1.82, 2.24) is 9.62 Å². The van der Waals surface area contributed by atoms with Gasteiger partial charge in [-0.3, -0.25) is 4.79 Å². The highest BCUT2D eigenvalue weighted by Gasteiger charge is 2.36. The second-order valence-corrected chi connectivity index (χ2v) is 9.75. The summed E-state index contributed by atoms with van der Waals surface area (Å²) in [5, 5.41) is 3.16. The van der Waals surface area contributed by atoms with E-state index in [1.807, 2.05) is 0 Å². The van der Waals surface area contributed by atoms with Crippen LogP contribution in [0.3, 0.4) is 0 Å². The Kier molecular flexibility index (Phi) is 7.90. The van der Waals surface area contributed by atoms with Gasteiger partial charge in [0.25, 0.3) is 0 Å². The molecule has 1 N–H and O–H groups in total. The van der Waals surface area contributed by atoms with Gasteiger partial charge in [-0.05, 0) is 53.9 Å². The maximum absolute atomic E-state index is 14.4. The zero-order valence-electron chi connectivity index (χ0n) is 17.1. The zero-order chi connectivity index (χ0) is 23.3. The van der Waals surface area contributed by atoms with Crippen LogP contribution in [0.25, 0.3) is 0 Å². The predicted molar refractivity (Wildman–Crippen MR) is 124 cm³/mol. The normalized spacial score (nSPS) is 12.5. The Labute approximate surface area is 196 Å². The number of nitrogens with one attached hydrogen (secondary N) is 1. The zero-order valence-corrected chi connectivity index (χ0v) is 19.5. The highest BCUT2D eigenvalue weighted by Crippen LogP contribution is 2.29. The fourth-order valence-corrected chi connectivity index (χ4v) is 5.17. The SMILES string of the molecule is CNC(=O)[C@@H](c1ccccc1)N(CCc1ccc(Cl)cc1F)S(=O)(=O)c1ccc(Cl)cc1. The van der Waals surface area contributed by atoms with Crippen molar-refractivity contribution in [1.29, 1.82) is 0 Å². The summed E-state index contributed by atoms with van der Waals surface area (Å²) in [6.45, 7) is -0.142. The molecule has 32 heavy (non-hydrogen) atoms. The van der Waals surface area contributed by atoms with Crippen LogP contribution in [0.15, 0.2) is 77.7 Å². The van der Waals surface area contributed by atoms with Crippen molar-refractivity contribution in [3.8, 4) is 0 Å². The van der Waals surface area contributed by atoms with Crippen LogP contribution in [0, 0.1) is 5.82 Å². The largest absolute Gasteiger partial charge is 0.357 e. The van der Waals surface area contributed by atoms with E-state index in [9.17, 15) is 17.6 Å². The summed E-state index contributed by atoms with van der Waals surface area (Å²) in [7, 11) is -2.71. The maximum atomic E-state index is 14.4. The van der Waals surface area contributed by atoms with Crippen LogP contribution in [0.4, 0.5) is 4.39 Å². The Morgan fingerprint density at radius 2 is 1.62 bits per heavy atom. The fourth-order valence-electron chi connectivity index (χ4n) is 3.31. The summed E-state index contributed by atoms with van der Waals surface area (Å²) < 4.78 is 42.7. The molecule has 0 fully saturated rings. The van der Waals surface area contributed by atoms with Gasteiger partial charge in [0.2, 0.25) is 15.9 Å². The first-order valence-electron chi connectivity index (χ1n) is 9.72. The van der Waals surface area contributed by atoms with E-state index in [0.29, 0.717) is 10.6 Å². The Hall–Kier alpha value is -2.45. The minimum absolute atomic E-state index is 0.0247. The predicted octanol–water partition coefficient (Wildman–Crippen LogP) is 4.85. The van der Waals surface area contributed by atoms with Gasteiger partial charge >= 0.3 is 0 Å². The topological polar surface area (TPSA) is 66.5 Å². The molecule has 0 saturated carbocycles. The Bertz CT molecular complexity index is 1190. The summed E-state index contributed by atoms with van der Waals surface area (Å²) in [4.78, 5) is 12.9. The first kappa shape index (κ1) is 24.2. The van der Waals surface area contributed by atoms with Crippen molar-refractivity contribution in [2.75, 3.05) is 13.6 Å². The minimum atomic E-state index is -4.15. The first-order chi connectivity index (χ1) is 15.2. The van der Waals surface area contributed by atoms with E-state index < -0.39 is 27.8 Å². The molecule has 0 aliphatic heterocycles. The molecule has 0 bridgehead atoms. The summed E-state index contributed by atoms with van der Waals surface area (Å²) in [5.41, 5.74) is 0.774. The molecule has 0 spiro atoms. The van der Waals surface area contributed by atoms with Gasteiger partial charge in [-0.2, -0.15) is 4.31 Å². The quantitative estimate of drug-likeness (QED) is 0.486. The number of amides is 1. The average molecular weight is 495 g/mol. The van der Waals surface area contributed by atoms with Gasteiger partial charge in [-0.1, -0.05) is 59.6 Å². The number of hydrogen-bond donors (Lipinski definition) is 1. The lowest BCUT2D eigenvalue weighted by Gasteiger charge is -2.30. The van der Waals surface area contributed by atoms with Gasteiger partial charge in [-0.15, -0.1) is 0 Å². The van der Waals surface area contributed by atoms with Crippen LogP contribution in [-0.2, 0) is 21.2 Å². The molecule has 0 radical (unpaired) electrons. The second kappa shape index (κ2) is 10.4. The van der Waals surface area contributed by atoms with E-state index in [1.165, 1.54) is 49.5 Å². The first-order valence-corrected chi connectivity index (χ1v) is 11.9. The summed E-state index contributed by atoms with van der Waals surface area (Å²) in [6.07, 6.45) is 0.0378. The maximum Gasteiger partial charge on any atom is 0.244 e. The number of carbonyl (C=O) groups excluding carboxylic acids is 1. The van der Waals surface area contributed by atoms with E-state index in [4.69, 9.17) is 23.2 Å². The van der Waals surface area contributed by atoms with E-state index in [0.717, 1.165) is 4.31 Å². The molecule has 1 atom stereocenters. The van der Waals surface area contributed by atoms with Crippen molar-refractivity contribution < 1.29 is 17.6 Å². The van der Waals surface area contributed by atoms with Gasteiger partial charge in [0.15, 0.2) is 0 Å². The molecule has 0 unspecified atom stereocenters. The lowest BCUT2D eigenvalue weighted by molar-refractivity contribution is -0.124. The molecule has 3 aromatic rings. The van der Waals surface area contributed by atoms with Crippen LogP contribution in [0.2, 0.25) is 10.0 Å². The Morgan fingerprint density at radius 1 is 1.00 bits per heavy atom. The number of carbonyl (C=O) groups is 1. The lowest BCUT2D eigenvalue weighted by atomic mass is 10.1. The van der Waals surface area contributed by atoms with Gasteiger partial charge in [-0.25, -0.2) is 12.8 Å². The summed E-state index contributed by atoms with van der Waals surface area (Å²) >= 11 is 11.7. The lowest BCUT2D eigenvalue weighted by Crippen LogP contribution is -2.43. The van der Waals surface area contributed by atoms with E-state index in [-0.39, 0.29) is 28.4 Å². The third kappa shape index (κ3) is 5.48. The van der Waals surface area contributed by atoms with Crippen LogP contribution in [0.1, 0.15) is 17.2 Å². The van der Waals surface area contributed by atoms with Gasteiger partial charge in [0.1, 0.15) is 11.9 Å². The Balaban J connectivity index is 2.08. The summed E-state index contributed by atoms with van der Waals surface area (Å²) in [6, 6.07) is 17.3. The number of rotatable bonds is 8. The van der Waals surface area contributed by atoms with Crippen LogP contribution >= 0.6 is 23.2 Å². The van der Waals surface area contributed by atoms with Crippen molar-refractivity contribution in [3.63, 3.8) is 0 Å². The molecule has 3 aromatic carbocycles. The fraction of sp³-hybridized carbons (Fsp3) is 0.174. The molecule has 1 amide bonds. The van der Waals surface area contributed by atoms with E-state index >= 15 is 0 Å². The van der Waals surface area contributed by atoms with Crippen LogP contribution in [-0.4, -0.2) is 32.2 Å². The standard InChI is InChI=1S/C23H21Cl2FN2O3S/c1-27-23(29)22(17-5-3-2-4-6-17)28(14-13-16-7-8-19(25)15-21(16)26)32(30,31)20-11-9-18(24)10-12-20/h2-12,15,22H,13-14H2,1H3,(H,27,29)/t22-/m1/s1. The number of nitrogens with zero attached hydrogens (tertiary/aromatic N) is 1. The van der Waals surface area contributed by atoms with Crippen molar-refractivity contribution in [3.05, 3.63) is 99.8 Å². The highest BCUT2D eigenvalue weighted by molar-refractivity contribution is 7.89. The van der Waals surface area contributed by atoms with Gasteiger partial charge in [0, 0.05) is 23.6 Å². The smallest absolute Gasteiger partial charge is 0.244 e. The third-order valence-electron chi connectivity index (χ3n) is 4.93. The molecule has 0 aliphatic carbocycles. The van der Waals surface area contributed by atoms with E-state index in [2.05, 4.69) is 5.32 Å². The number of sulfonamides is 1. The van der Waals surface area contributed by atoms with Gasteiger partial charge in [0.05, 0.1) is 4.90 Å². The third-order valence-corrected chi connectivity index (χ3v) is 7.30. The number of likely N-dealkylation sites (N-methyl/N-ethyl adjacent to an activating group) is 1. The molecule has 9 heteroatoms. The monoisotopic (exact) mass is 494 g/mol. The molecule has 3 rings (SSSR count). The number of halogens is 3. The molecule has 0 saturated heterocycles. The highest BCUT2D eigenvalue weighted by atomic mass is 35.5. The minimum Gasteiger partial charge on any atom is -0.357 e. The van der Waals surface area contributed by atoms with E-state index in [1.54, 1.807) is 30.3 Å². The molecule has 5 nitrogen and oxygen atoms in total. The summed E-state index contributed by atoms with van der Waals surface area (Å²) in [5.74, 6) is -1.05. The average Bonchev–Trinajstić information content (AvgIpc) is 2.78. The van der Waals surface area contributed by atoms with Crippen LogP contribution in [0.5, 0.6) is 0 Å². The van der Waals surface area contributed by atoms with Crippen molar-refractivity contribution in [2.24, 2.45) is 0 Å². The molecule has 168 valence electrons. The second-order valence-electron chi connectivity index (χ2n) is 6.98. The molecule has 0 aliphatic rings. The number of hydrogen-bond acceptors (Lipinski definition) is 3. The van der Waals surface area contributed by atoms with Crippen molar-refractivity contribution >= 4 is 39.1 Å².